The van der Waals surface area contributed by atoms with E-state index in [9.17, 15) is 10.2 Å². The molecule has 1 aromatic rings. The lowest BCUT2D eigenvalue weighted by Crippen LogP contribution is -2.27. The van der Waals surface area contributed by atoms with E-state index in [4.69, 9.17) is 11.6 Å². The lowest BCUT2D eigenvalue weighted by molar-refractivity contribution is 0.0243. The molecule has 5 nitrogen and oxygen atoms in total. The lowest BCUT2D eigenvalue weighted by Gasteiger charge is -2.16. The summed E-state index contributed by atoms with van der Waals surface area (Å²) in [6.45, 7) is 0.0259. The first-order valence-corrected chi connectivity index (χ1v) is 4.31. The highest BCUT2D eigenvalue weighted by molar-refractivity contribution is 5.43. The van der Waals surface area contributed by atoms with Crippen LogP contribution in [0, 0.1) is 0 Å². The summed E-state index contributed by atoms with van der Waals surface area (Å²) in [5.74, 6) is 5.18. The Morgan fingerprint density at radius 1 is 1.21 bits per heavy atom. The fourth-order valence-electron chi connectivity index (χ4n) is 1.13. The number of anilines is 1. The number of nitrogen functional groups attached to an aromatic ring is 1. The third-order valence-corrected chi connectivity index (χ3v) is 2.02. The van der Waals surface area contributed by atoms with Gasteiger partial charge in [0, 0.05) is 12.2 Å². The SMILES string of the molecule is NCC(O)C(O)c1ccc(NN)cc1. The molecule has 78 valence electrons. The number of hydrogen-bond acceptors (Lipinski definition) is 5. The van der Waals surface area contributed by atoms with Crippen LogP contribution in [0.1, 0.15) is 11.7 Å². The van der Waals surface area contributed by atoms with Gasteiger partial charge in [-0.2, -0.15) is 0 Å². The van der Waals surface area contributed by atoms with Crippen LogP contribution in [0.15, 0.2) is 24.3 Å². The summed E-state index contributed by atoms with van der Waals surface area (Å²) >= 11 is 0. The number of aliphatic hydroxyl groups excluding tert-OH is 2. The van der Waals surface area contributed by atoms with Crippen LogP contribution < -0.4 is 17.0 Å². The van der Waals surface area contributed by atoms with Crippen LogP contribution in [0.2, 0.25) is 0 Å². The Morgan fingerprint density at radius 3 is 2.21 bits per heavy atom. The second kappa shape index (κ2) is 4.92. The number of hydrazine groups is 1. The number of hydrogen-bond donors (Lipinski definition) is 5. The van der Waals surface area contributed by atoms with Gasteiger partial charge >= 0.3 is 0 Å². The van der Waals surface area contributed by atoms with Crippen molar-refractivity contribution in [3.05, 3.63) is 29.8 Å². The summed E-state index contributed by atoms with van der Waals surface area (Å²) in [7, 11) is 0. The normalized spacial score (nSPS) is 14.9. The van der Waals surface area contributed by atoms with E-state index >= 15 is 0 Å². The van der Waals surface area contributed by atoms with Crippen molar-refractivity contribution < 1.29 is 10.2 Å². The van der Waals surface area contributed by atoms with Gasteiger partial charge in [-0.3, -0.25) is 5.84 Å². The van der Waals surface area contributed by atoms with Crippen molar-refractivity contribution >= 4 is 5.69 Å². The average molecular weight is 197 g/mol. The summed E-state index contributed by atoms with van der Waals surface area (Å²) in [4.78, 5) is 0. The van der Waals surface area contributed by atoms with Crippen molar-refractivity contribution in [2.45, 2.75) is 12.2 Å². The van der Waals surface area contributed by atoms with Crippen LogP contribution in [0.5, 0.6) is 0 Å². The molecule has 1 rings (SSSR count). The Morgan fingerprint density at radius 2 is 1.79 bits per heavy atom. The van der Waals surface area contributed by atoms with Gasteiger partial charge in [0.2, 0.25) is 0 Å². The van der Waals surface area contributed by atoms with Gasteiger partial charge in [-0.1, -0.05) is 12.1 Å². The van der Waals surface area contributed by atoms with Gasteiger partial charge in [0.05, 0.1) is 6.10 Å². The zero-order valence-corrected chi connectivity index (χ0v) is 7.72. The van der Waals surface area contributed by atoms with Crippen molar-refractivity contribution in [3.8, 4) is 0 Å². The van der Waals surface area contributed by atoms with Gasteiger partial charge in [0.1, 0.15) is 6.10 Å². The highest BCUT2D eigenvalue weighted by Gasteiger charge is 2.16. The van der Waals surface area contributed by atoms with Crippen LogP contribution >= 0.6 is 0 Å². The molecule has 14 heavy (non-hydrogen) atoms. The monoisotopic (exact) mass is 197 g/mol. The van der Waals surface area contributed by atoms with Gasteiger partial charge in [-0.25, -0.2) is 0 Å². The van der Waals surface area contributed by atoms with Crippen LogP contribution in [0.3, 0.4) is 0 Å². The minimum absolute atomic E-state index is 0.0259. The van der Waals surface area contributed by atoms with Gasteiger partial charge < -0.3 is 21.4 Å². The molecule has 0 aliphatic heterocycles. The summed E-state index contributed by atoms with van der Waals surface area (Å²) in [5.41, 5.74) is 9.04. The number of rotatable bonds is 4. The third kappa shape index (κ3) is 2.43. The van der Waals surface area contributed by atoms with E-state index in [1.165, 1.54) is 0 Å². The molecule has 0 heterocycles. The zero-order chi connectivity index (χ0) is 10.6. The van der Waals surface area contributed by atoms with Crippen molar-refractivity contribution in [2.75, 3.05) is 12.0 Å². The molecule has 0 saturated heterocycles. The molecule has 2 atom stereocenters. The molecule has 0 amide bonds. The van der Waals surface area contributed by atoms with Gasteiger partial charge in [0.15, 0.2) is 0 Å². The van der Waals surface area contributed by atoms with Crippen molar-refractivity contribution in [1.29, 1.82) is 0 Å². The maximum absolute atomic E-state index is 9.57. The van der Waals surface area contributed by atoms with Gasteiger partial charge in [-0.15, -0.1) is 0 Å². The smallest absolute Gasteiger partial charge is 0.106 e. The second-order valence-electron chi connectivity index (χ2n) is 3.01. The maximum atomic E-state index is 9.57. The van der Waals surface area contributed by atoms with Crippen LogP contribution in [0.25, 0.3) is 0 Å². The molecule has 0 aliphatic carbocycles. The predicted octanol–water partition coefficient (Wildman–Crippen LogP) is -0.675. The lowest BCUT2D eigenvalue weighted by atomic mass is 10.0. The number of aliphatic hydroxyl groups is 2. The Labute approximate surface area is 82.3 Å². The molecule has 0 spiro atoms. The van der Waals surface area contributed by atoms with Crippen molar-refractivity contribution in [2.24, 2.45) is 11.6 Å². The van der Waals surface area contributed by atoms with Crippen LogP contribution in [-0.2, 0) is 0 Å². The molecule has 0 saturated carbocycles. The fourth-order valence-corrected chi connectivity index (χ4v) is 1.13. The van der Waals surface area contributed by atoms with E-state index in [0.29, 0.717) is 5.56 Å². The average Bonchev–Trinajstić information content (AvgIpc) is 2.27. The third-order valence-electron chi connectivity index (χ3n) is 2.02. The number of benzene rings is 1. The van der Waals surface area contributed by atoms with Crippen LogP contribution in [0.4, 0.5) is 5.69 Å². The van der Waals surface area contributed by atoms with Crippen LogP contribution in [-0.4, -0.2) is 22.9 Å². The predicted molar refractivity (Wildman–Crippen MR) is 54.3 cm³/mol. The van der Waals surface area contributed by atoms with E-state index in [0.717, 1.165) is 5.69 Å². The summed E-state index contributed by atoms with van der Waals surface area (Å²) in [5, 5.41) is 18.9. The molecule has 0 aromatic heterocycles. The molecule has 1 aromatic carbocycles. The minimum atomic E-state index is -0.952. The van der Waals surface area contributed by atoms with E-state index in [1.807, 2.05) is 0 Å². The van der Waals surface area contributed by atoms with E-state index < -0.39 is 12.2 Å². The summed E-state index contributed by atoms with van der Waals surface area (Å²) in [6.07, 6.45) is -1.89. The molecule has 0 fully saturated rings. The topological polar surface area (TPSA) is 105 Å². The molecular weight excluding hydrogens is 182 g/mol. The maximum Gasteiger partial charge on any atom is 0.106 e. The van der Waals surface area contributed by atoms with Gasteiger partial charge in [0.25, 0.3) is 0 Å². The first-order chi connectivity index (χ1) is 6.69. The Balaban J connectivity index is 2.75. The quantitative estimate of drug-likeness (QED) is 0.325. The van der Waals surface area contributed by atoms with E-state index in [-0.39, 0.29) is 6.54 Å². The molecule has 0 bridgehead atoms. The largest absolute Gasteiger partial charge is 0.389 e. The summed E-state index contributed by atoms with van der Waals surface area (Å²) < 4.78 is 0. The Hall–Kier alpha value is -1.14. The summed E-state index contributed by atoms with van der Waals surface area (Å²) in [6, 6.07) is 6.78. The molecular formula is C9H15N3O2. The fraction of sp³-hybridized carbons (Fsp3) is 0.333. The first kappa shape index (κ1) is 10.9. The molecule has 5 heteroatoms. The molecule has 7 N–H and O–H groups in total. The highest BCUT2D eigenvalue weighted by atomic mass is 16.3. The second-order valence-corrected chi connectivity index (χ2v) is 3.01. The number of nitrogens with one attached hydrogen (secondary N) is 1. The molecule has 0 aliphatic rings. The number of nitrogens with two attached hydrogens (primary N) is 2. The van der Waals surface area contributed by atoms with Crippen molar-refractivity contribution in [1.82, 2.24) is 0 Å². The highest BCUT2D eigenvalue weighted by Crippen LogP contribution is 2.18. The minimum Gasteiger partial charge on any atom is -0.389 e. The Bertz CT molecular complexity index is 276. The zero-order valence-electron chi connectivity index (χ0n) is 7.72. The molecule has 0 radical (unpaired) electrons. The van der Waals surface area contributed by atoms with Gasteiger partial charge in [-0.05, 0) is 17.7 Å². The Kier molecular flexibility index (Phi) is 3.84. The van der Waals surface area contributed by atoms with E-state index in [2.05, 4.69) is 5.43 Å². The molecule has 2 unspecified atom stereocenters. The van der Waals surface area contributed by atoms with Crippen molar-refractivity contribution in [3.63, 3.8) is 0 Å². The standard InChI is InChI=1S/C9H15N3O2/c10-5-8(13)9(14)6-1-3-7(12-11)4-2-6/h1-4,8-9,12-14H,5,10-11H2. The van der Waals surface area contributed by atoms with E-state index in [1.54, 1.807) is 24.3 Å². The first-order valence-electron chi connectivity index (χ1n) is 4.31.